The highest BCUT2D eigenvalue weighted by molar-refractivity contribution is 6.33. The van der Waals surface area contributed by atoms with Crippen LogP contribution < -0.4 is 5.32 Å². The third-order valence-electron chi connectivity index (χ3n) is 2.46. The summed E-state index contributed by atoms with van der Waals surface area (Å²) in [5, 5.41) is 30.6. The minimum absolute atomic E-state index is 0.0155. The van der Waals surface area contributed by atoms with Crippen LogP contribution in [0.2, 0.25) is 5.02 Å². The molecule has 1 rings (SSSR count). The molecule has 0 aliphatic carbocycles. The molecule has 8 nitrogen and oxygen atoms in total. The summed E-state index contributed by atoms with van der Waals surface area (Å²) < 4.78 is 0. The highest BCUT2D eigenvalue weighted by atomic mass is 35.5. The van der Waals surface area contributed by atoms with Crippen LogP contribution >= 0.6 is 11.6 Å². The van der Waals surface area contributed by atoms with Crippen molar-refractivity contribution in [3.8, 4) is 0 Å². The van der Waals surface area contributed by atoms with Gasteiger partial charge in [-0.05, 0) is 19.1 Å². The average Bonchev–Trinajstić information content (AvgIpc) is 2.35. The molecule has 1 atom stereocenters. The largest absolute Gasteiger partial charge is 0.479 e. The zero-order valence-electron chi connectivity index (χ0n) is 10.3. The van der Waals surface area contributed by atoms with E-state index in [1.165, 1.54) is 6.07 Å². The minimum atomic E-state index is -2.11. The number of halogens is 1. The van der Waals surface area contributed by atoms with Gasteiger partial charge in [0, 0.05) is 11.6 Å². The molecule has 0 saturated carbocycles. The van der Waals surface area contributed by atoms with Gasteiger partial charge in [-0.25, -0.2) is 4.79 Å². The van der Waals surface area contributed by atoms with E-state index in [-0.39, 0.29) is 16.3 Å². The molecule has 0 heterocycles. The fourth-order valence-corrected chi connectivity index (χ4v) is 1.48. The second-order valence-corrected chi connectivity index (χ2v) is 4.59. The zero-order valence-corrected chi connectivity index (χ0v) is 11.0. The summed E-state index contributed by atoms with van der Waals surface area (Å²) in [6.07, 6.45) is 0. The number of amides is 1. The Morgan fingerprint density at radius 1 is 1.50 bits per heavy atom. The molecule has 0 bridgehead atoms. The Labute approximate surface area is 118 Å². The number of nitro benzene ring substituents is 1. The Bertz CT molecular complexity index is 572. The first-order chi connectivity index (χ1) is 9.15. The molecule has 0 aliphatic heterocycles. The van der Waals surface area contributed by atoms with E-state index in [2.05, 4.69) is 5.32 Å². The van der Waals surface area contributed by atoms with Gasteiger partial charge in [-0.1, -0.05) is 11.6 Å². The van der Waals surface area contributed by atoms with Gasteiger partial charge in [0.25, 0.3) is 11.6 Å². The van der Waals surface area contributed by atoms with Crippen molar-refractivity contribution >= 4 is 29.2 Å². The number of rotatable bonds is 5. The molecule has 0 fully saturated rings. The summed E-state index contributed by atoms with van der Waals surface area (Å²) >= 11 is 5.64. The fourth-order valence-electron chi connectivity index (χ4n) is 1.23. The summed E-state index contributed by atoms with van der Waals surface area (Å²) in [6, 6.07) is 3.33. The third kappa shape index (κ3) is 3.65. The second kappa shape index (κ2) is 5.85. The first-order valence-electron chi connectivity index (χ1n) is 5.33. The van der Waals surface area contributed by atoms with Gasteiger partial charge < -0.3 is 15.5 Å². The fraction of sp³-hybridized carbons (Fsp3) is 0.273. The maximum atomic E-state index is 11.7. The van der Waals surface area contributed by atoms with Crippen molar-refractivity contribution in [1.29, 1.82) is 0 Å². The molecule has 0 radical (unpaired) electrons. The van der Waals surface area contributed by atoms with Crippen LogP contribution in [-0.4, -0.2) is 39.2 Å². The van der Waals surface area contributed by atoms with Gasteiger partial charge in [-0.3, -0.25) is 14.9 Å². The van der Waals surface area contributed by atoms with Gasteiger partial charge in [0.2, 0.25) is 0 Å². The van der Waals surface area contributed by atoms with Gasteiger partial charge in [0.1, 0.15) is 5.02 Å². The standard InChI is InChI=1S/C11H11ClN2O6/c1-11(18,10(16)17)5-13-9(15)6-2-3-8(14(19)20)7(12)4-6/h2-4,18H,5H2,1H3,(H,13,15)(H,16,17). The molecule has 1 aromatic carbocycles. The van der Waals surface area contributed by atoms with Gasteiger partial charge in [0.15, 0.2) is 5.60 Å². The van der Waals surface area contributed by atoms with Gasteiger partial charge >= 0.3 is 5.97 Å². The maximum Gasteiger partial charge on any atom is 0.337 e. The van der Waals surface area contributed by atoms with Crippen molar-refractivity contribution in [3.63, 3.8) is 0 Å². The lowest BCUT2D eigenvalue weighted by Gasteiger charge is -2.18. The maximum absolute atomic E-state index is 11.7. The topological polar surface area (TPSA) is 130 Å². The monoisotopic (exact) mass is 302 g/mol. The number of hydrogen-bond donors (Lipinski definition) is 3. The van der Waals surface area contributed by atoms with Crippen LogP contribution in [0.5, 0.6) is 0 Å². The first kappa shape index (κ1) is 15.9. The van der Waals surface area contributed by atoms with E-state index in [9.17, 15) is 24.8 Å². The lowest BCUT2D eigenvalue weighted by molar-refractivity contribution is -0.384. The average molecular weight is 303 g/mol. The number of carboxylic acid groups (broad SMARTS) is 1. The molecule has 20 heavy (non-hydrogen) atoms. The van der Waals surface area contributed by atoms with Crippen molar-refractivity contribution in [2.45, 2.75) is 12.5 Å². The van der Waals surface area contributed by atoms with Crippen LogP contribution in [0.1, 0.15) is 17.3 Å². The zero-order chi connectivity index (χ0) is 15.5. The summed E-state index contributed by atoms with van der Waals surface area (Å²) in [7, 11) is 0. The van der Waals surface area contributed by atoms with Crippen molar-refractivity contribution in [1.82, 2.24) is 5.32 Å². The van der Waals surface area contributed by atoms with Crippen molar-refractivity contribution in [2.24, 2.45) is 0 Å². The van der Waals surface area contributed by atoms with Gasteiger partial charge in [0.05, 0.1) is 11.5 Å². The summed E-state index contributed by atoms with van der Waals surface area (Å²) in [4.78, 5) is 32.2. The first-order valence-corrected chi connectivity index (χ1v) is 5.71. The number of aliphatic carboxylic acids is 1. The van der Waals surface area contributed by atoms with Crippen molar-refractivity contribution < 1.29 is 24.7 Å². The van der Waals surface area contributed by atoms with E-state index in [4.69, 9.17) is 16.7 Å². The highest BCUT2D eigenvalue weighted by Crippen LogP contribution is 2.24. The summed E-state index contributed by atoms with van der Waals surface area (Å²) in [6.45, 7) is 0.508. The molecular formula is C11H11ClN2O6. The molecule has 108 valence electrons. The number of nitrogens with one attached hydrogen (secondary N) is 1. The number of hydrogen-bond acceptors (Lipinski definition) is 5. The molecule has 0 saturated heterocycles. The number of nitro groups is 1. The van der Waals surface area contributed by atoms with E-state index in [0.717, 1.165) is 19.1 Å². The van der Waals surface area contributed by atoms with E-state index >= 15 is 0 Å². The molecule has 0 aliphatic rings. The quantitative estimate of drug-likeness (QED) is 0.545. The van der Waals surface area contributed by atoms with Crippen LogP contribution in [0.4, 0.5) is 5.69 Å². The lowest BCUT2D eigenvalue weighted by Crippen LogP contribution is -2.46. The van der Waals surface area contributed by atoms with E-state index in [0.29, 0.717) is 0 Å². The Morgan fingerprint density at radius 2 is 2.10 bits per heavy atom. The summed E-state index contributed by atoms with van der Waals surface area (Å²) in [5.41, 5.74) is -2.44. The normalized spacial score (nSPS) is 13.3. The van der Waals surface area contributed by atoms with Crippen LogP contribution in [0.15, 0.2) is 18.2 Å². The Morgan fingerprint density at radius 3 is 2.55 bits per heavy atom. The minimum Gasteiger partial charge on any atom is -0.479 e. The van der Waals surface area contributed by atoms with E-state index < -0.39 is 28.9 Å². The van der Waals surface area contributed by atoms with Gasteiger partial charge in [-0.15, -0.1) is 0 Å². The molecule has 9 heteroatoms. The van der Waals surface area contributed by atoms with Crippen LogP contribution in [-0.2, 0) is 4.79 Å². The molecule has 1 aromatic rings. The Hall–Kier alpha value is -2.19. The number of carboxylic acids is 1. The second-order valence-electron chi connectivity index (χ2n) is 4.18. The number of nitrogens with zero attached hydrogens (tertiary/aromatic N) is 1. The summed E-state index contributed by atoms with van der Waals surface area (Å²) in [5.74, 6) is -2.19. The van der Waals surface area contributed by atoms with Gasteiger partial charge in [-0.2, -0.15) is 0 Å². The number of carbonyl (C=O) groups excluding carboxylic acids is 1. The number of carbonyl (C=O) groups is 2. The predicted molar refractivity (Wildman–Crippen MR) is 68.7 cm³/mol. The molecular weight excluding hydrogens is 292 g/mol. The SMILES string of the molecule is CC(O)(CNC(=O)c1ccc([N+](=O)[O-])c(Cl)c1)C(=O)O. The Kier molecular flexibility index (Phi) is 4.64. The Balaban J connectivity index is 2.82. The van der Waals surface area contributed by atoms with Crippen LogP contribution in [0.25, 0.3) is 0 Å². The number of benzene rings is 1. The number of aliphatic hydroxyl groups is 1. The molecule has 1 unspecified atom stereocenters. The molecule has 0 aromatic heterocycles. The molecule has 3 N–H and O–H groups in total. The van der Waals surface area contributed by atoms with Crippen LogP contribution in [0, 0.1) is 10.1 Å². The van der Waals surface area contributed by atoms with Crippen molar-refractivity contribution in [2.75, 3.05) is 6.54 Å². The molecule has 0 spiro atoms. The lowest BCUT2D eigenvalue weighted by atomic mass is 10.1. The van der Waals surface area contributed by atoms with E-state index in [1.807, 2.05) is 0 Å². The smallest absolute Gasteiger partial charge is 0.337 e. The highest BCUT2D eigenvalue weighted by Gasteiger charge is 2.30. The van der Waals surface area contributed by atoms with Crippen molar-refractivity contribution in [3.05, 3.63) is 38.9 Å². The van der Waals surface area contributed by atoms with E-state index in [1.54, 1.807) is 0 Å². The third-order valence-corrected chi connectivity index (χ3v) is 2.76. The molecule has 1 amide bonds. The van der Waals surface area contributed by atoms with Crippen LogP contribution in [0.3, 0.4) is 0 Å². The predicted octanol–water partition coefficient (Wildman–Crippen LogP) is 0.814.